The van der Waals surface area contributed by atoms with Gasteiger partial charge >= 0.3 is 5.97 Å². The summed E-state index contributed by atoms with van der Waals surface area (Å²) in [6.45, 7) is 1.68. The molecule has 6 aromatic rings. The predicted octanol–water partition coefficient (Wildman–Crippen LogP) is 5.01. The first-order valence-electron chi connectivity index (χ1n) is 15.3. The molecule has 3 N–H and O–H groups in total. The summed E-state index contributed by atoms with van der Waals surface area (Å²) in [6.07, 6.45) is -1.73. The number of fused-ring (bicyclic) bond motifs is 1. The second kappa shape index (κ2) is 12.8. The third-order valence-corrected chi connectivity index (χ3v) is 8.56. The number of hydrogen-bond donors (Lipinski definition) is 3. The predicted molar refractivity (Wildman–Crippen MR) is 176 cm³/mol. The fourth-order valence-corrected chi connectivity index (χ4v) is 6.12. The maximum Gasteiger partial charge on any atom is 0.338 e. The minimum Gasteiger partial charge on any atom is -0.459 e. The number of carbonyl (C=O) groups is 1. The van der Waals surface area contributed by atoms with Crippen LogP contribution in [0.3, 0.4) is 0 Å². The molecule has 0 aliphatic carbocycles. The van der Waals surface area contributed by atoms with E-state index in [1.807, 2.05) is 73.7 Å². The number of anilines is 1. The number of imidazole rings is 1. The summed E-state index contributed by atoms with van der Waals surface area (Å²) < 4.78 is 13.0. The molecule has 0 amide bonds. The molecule has 47 heavy (non-hydrogen) atoms. The van der Waals surface area contributed by atoms with Crippen LogP contribution >= 0.6 is 0 Å². The zero-order valence-corrected chi connectivity index (χ0v) is 25.5. The first-order chi connectivity index (χ1) is 23.0. The number of aryl methyl sites for hydroxylation is 1. The number of aliphatic hydroxyl groups is 2. The quantitative estimate of drug-likeness (QED) is 0.149. The van der Waals surface area contributed by atoms with Gasteiger partial charge in [-0.05, 0) is 35.7 Å². The Bertz CT molecular complexity index is 1870. The number of carbonyl (C=O) groups excluding carboxylic acids is 1. The first kappa shape index (κ1) is 30.2. The van der Waals surface area contributed by atoms with E-state index in [4.69, 9.17) is 9.47 Å². The van der Waals surface area contributed by atoms with Crippen molar-refractivity contribution in [2.24, 2.45) is 0 Å². The highest BCUT2D eigenvalue weighted by Crippen LogP contribution is 2.41. The molecule has 4 aromatic carbocycles. The van der Waals surface area contributed by atoms with Gasteiger partial charge in [0.05, 0.1) is 11.9 Å². The summed E-state index contributed by atoms with van der Waals surface area (Å²) in [7, 11) is 0. The Hall–Kier alpha value is -5.42. The normalized spacial score (nSPS) is 19.5. The molecule has 7 rings (SSSR count). The molecule has 3 heterocycles. The molecule has 2 aromatic heterocycles. The molecule has 10 nitrogen and oxygen atoms in total. The fraction of sp³-hybridized carbons (Fsp3) is 0.189. The van der Waals surface area contributed by atoms with E-state index in [1.54, 1.807) is 16.7 Å². The number of ether oxygens (including phenoxy) is 2. The van der Waals surface area contributed by atoms with Crippen LogP contribution in [0.15, 0.2) is 128 Å². The summed E-state index contributed by atoms with van der Waals surface area (Å²) in [4.78, 5) is 26.4. The number of nitrogens with one attached hydrogen (secondary N) is 1. The Labute approximate surface area is 271 Å². The van der Waals surface area contributed by atoms with Crippen molar-refractivity contribution in [3.63, 3.8) is 0 Å². The number of aliphatic hydroxyl groups excluding tert-OH is 2. The van der Waals surface area contributed by atoms with Crippen molar-refractivity contribution in [2.75, 3.05) is 11.9 Å². The smallest absolute Gasteiger partial charge is 0.338 e. The zero-order chi connectivity index (χ0) is 32.4. The van der Waals surface area contributed by atoms with Gasteiger partial charge in [-0.3, -0.25) is 4.57 Å². The lowest BCUT2D eigenvalue weighted by Crippen LogP contribution is -2.38. The Morgan fingerprint density at radius 2 is 1.38 bits per heavy atom. The van der Waals surface area contributed by atoms with Crippen molar-refractivity contribution in [1.82, 2.24) is 19.5 Å². The molecule has 0 radical (unpaired) electrons. The average molecular weight is 628 g/mol. The van der Waals surface area contributed by atoms with Crippen LogP contribution in [-0.2, 0) is 15.0 Å². The van der Waals surface area contributed by atoms with Gasteiger partial charge in [0.2, 0.25) is 0 Å². The van der Waals surface area contributed by atoms with Gasteiger partial charge in [0, 0.05) is 0 Å². The van der Waals surface area contributed by atoms with Gasteiger partial charge in [-0.1, -0.05) is 109 Å². The lowest BCUT2D eigenvalue weighted by Gasteiger charge is -2.37. The lowest BCUT2D eigenvalue weighted by atomic mass is 9.77. The van der Waals surface area contributed by atoms with Crippen LogP contribution in [0.1, 0.15) is 38.8 Å². The second-order valence-corrected chi connectivity index (χ2v) is 11.5. The molecule has 4 atom stereocenters. The third kappa shape index (κ3) is 5.63. The molecule has 0 unspecified atom stereocenters. The van der Waals surface area contributed by atoms with E-state index < -0.39 is 36.0 Å². The van der Waals surface area contributed by atoms with Gasteiger partial charge in [0.25, 0.3) is 0 Å². The Balaban J connectivity index is 1.22. The maximum atomic E-state index is 12.6. The average Bonchev–Trinajstić information content (AvgIpc) is 3.68. The fourth-order valence-electron chi connectivity index (χ4n) is 6.12. The van der Waals surface area contributed by atoms with Crippen LogP contribution in [0.2, 0.25) is 0 Å². The van der Waals surface area contributed by atoms with Crippen molar-refractivity contribution in [2.45, 2.75) is 37.0 Å². The first-order valence-corrected chi connectivity index (χ1v) is 15.3. The van der Waals surface area contributed by atoms with E-state index in [0.717, 1.165) is 22.3 Å². The Kier molecular flexibility index (Phi) is 8.21. The summed E-state index contributed by atoms with van der Waals surface area (Å²) >= 11 is 0. The van der Waals surface area contributed by atoms with Crippen molar-refractivity contribution < 1.29 is 24.5 Å². The monoisotopic (exact) mass is 627 g/mol. The highest BCUT2D eigenvalue weighted by molar-refractivity contribution is 5.89. The highest BCUT2D eigenvalue weighted by atomic mass is 16.6. The summed E-state index contributed by atoms with van der Waals surface area (Å²) in [5, 5.41) is 25.6. The van der Waals surface area contributed by atoms with Crippen molar-refractivity contribution in [3.05, 3.63) is 156 Å². The van der Waals surface area contributed by atoms with Crippen LogP contribution in [-0.4, -0.2) is 60.6 Å². The van der Waals surface area contributed by atoms with Crippen LogP contribution in [0.5, 0.6) is 0 Å². The van der Waals surface area contributed by atoms with Crippen LogP contribution in [0.25, 0.3) is 11.2 Å². The lowest BCUT2D eigenvalue weighted by molar-refractivity contribution is -0.0565. The minimum absolute atomic E-state index is 0.246. The molecular weight excluding hydrogens is 594 g/mol. The van der Waals surface area contributed by atoms with Crippen molar-refractivity contribution >= 4 is 23.0 Å². The number of nitrogens with zero attached hydrogens (tertiary/aromatic N) is 4. The molecule has 236 valence electrons. The topological polar surface area (TPSA) is 132 Å². The third-order valence-electron chi connectivity index (χ3n) is 8.56. The van der Waals surface area contributed by atoms with Gasteiger partial charge in [-0.25, -0.2) is 19.7 Å². The number of benzene rings is 4. The van der Waals surface area contributed by atoms with Crippen LogP contribution in [0, 0.1) is 6.92 Å². The minimum atomic E-state index is -1.33. The van der Waals surface area contributed by atoms with Crippen LogP contribution in [0.4, 0.5) is 5.82 Å². The Morgan fingerprint density at radius 3 is 1.96 bits per heavy atom. The molecule has 10 heteroatoms. The molecule has 0 spiro atoms. The zero-order valence-electron chi connectivity index (χ0n) is 25.5. The van der Waals surface area contributed by atoms with E-state index in [-0.39, 0.29) is 6.61 Å². The number of hydrogen-bond acceptors (Lipinski definition) is 9. The molecule has 1 saturated heterocycles. The van der Waals surface area contributed by atoms with Gasteiger partial charge in [-0.2, -0.15) is 0 Å². The number of rotatable bonds is 9. The van der Waals surface area contributed by atoms with E-state index in [0.29, 0.717) is 22.5 Å². The number of esters is 1. The second-order valence-electron chi connectivity index (χ2n) is 11.5. The molecule has 1 aliphatic rings. The molecule has 0 saturated carbocycles. The highest BCUT2D eigenvalue weighted by Gasteiger charge is 2.45. The summed E-state index contributed by atoms with van der Waals surface area (Å²) in [5.74, 6) is -0.0871. The summed E-state index contributed by atoms with van der Waals surface area (Å²) in [5.41, 5.74) is 4.34. The SMILES string of the molecule is Cc1ccc(C(=O)OC[C@H]2O[C@@H](n3cnc4c(NC(c5ccccc5)(c5ccccc5)c5ccccc5)ncnc43)[C@H](O)[C@@H]2O)cc1. The standard InChI is InChI=1S/C37H33N5O5/c1-24-17-19-25(20-18-24)36(45)46-21-29-31(43)32(44)35(47-29)42-23-40-30-33(38-22-39-34(30)42)41-37(26-11-5-2-6-12-26,27-13-7-3-8-14-27)28-15-9-4-10-16-28/h2-20,22-23,29,31-32,35,43-44H,21H2,1H3,(H,38,39,41)/t29-,31-,32-,35-/m1/s1. The van der Waals surface area contributed by atoms with Gasteiger partial charge in [0.15, 0.2) is 23.2 Å². The van der Waals surface area contributed by atoms with Crippen molar-refractivity contribution in [1.29, 1.82) is 0 Å². The number of aromatic nitrogens is 4. The maximum absolute atomic E-state index is 12.6. The van der Waals surface area contributed by atoms with E-state index in [2.05, 4.69) is 56.7 Å². The van der Waals surface area contributed by atoms with Gasteiger partial charge in [-0.15, -0.1) is 0 Å². The van der Waals surface area contributed by atoms with E-state index in [1.165, 1.54) is 12.7 Å². The van der Waals surface area contributed by atoms with Gasteiger partial charge < -0.3 is 25.0 Å². The van der Waals surface area contributed by atoms with Gasteiger partial charge in [0.1, 0.15) is 36.8 Å². The summed E-state index contributed by atoms with van der Waals surface area (Å²) in [6, 6.07) is 37.3. The Morgan fingerprint density at radius 1 is 0.809 bits per heavy atom. The van der Waals surface area contributed by atoms with Crippen molar-refractivity contribution in [3.8, 4) is 0 Å². The molecule has 0 bridgehead atoms. The molecule has 1 aliphatic heterocycles. The largest absolute Gasteiger partial charge is 0.459 e. The van der Waals surface area contributed by atoms with Crippen LogP contribution < -0.4 is 5.32 Å². The molecular formula is C37H33N5O5. The molecule has 1 fully saturated rings. The van der Waals surface area contributed by atoms with E-state index >= 15 is 0 Å². The van der Waals surface area contributed by atoms with E-state index in [9.17, 15) is 15.0 Å².